The molecule has 2 heterocycles. The highest BCUT2D eigenvalue weighted by molar-refractivity contribution is 5.74. The van der Waals surface area contributed by atoms with Gasteiger partial charge in [0.05, 0.1) is 31.7 Å². The molecule has 0 spiro atoms. The molecule has 2 aromatic heterocycles. The van der Waals surface area contributed by atoms with Crippen LogP contribution in [0.25, 0.3) is 0 Å². The van der Waals surface area contributed by atoms with Gasteiger partial charge in [0.15, 0.2) is 0 Å². The average Bonchev–Trinajstić information content (AvgIpc) is 3.76. The highest BCUT2D eigenvalue weighted by atomic mass is 16.6. The molecule has 0 atom stereocenters. The molecule has 2 saturated carbocycles. The number of aromatic nitrogens is 4. The summed E-state index contributed by atoms with van der Waals surface area (Å²) in [7, 11) is 3.16. The molecule has 2 aliphatic carbocycles. The van der Waals surface area contributed by atoms with Crippen molar-refractivity contribution in [3.8, 4) is 5.88 Å². The Bertz CT molecular complexity index is 1270. The molecular formula is C30H47N5O7. The van der Waals surface area contributed by atoms with E-state index in [1.807, 2.05) is 62.3 Å². The molecule has 12 heteroatoms. The van der Waals surface area contributed by atoms with Crippen LogP contribution in [-0.2, 0) is 20.8 Å². The fourth-order valence-corrected chi connectivity index (χ4v) is 3.92. The van der Waals surface area contributed by atoms with E-state index in [0.717, 1.165) is 31.5 Å². The number of hydrogen-bond acceptors (Lipinski definition) is 9. The Balaban J connectivity index is 0.000000247. The van der Waals surface area contributed by atoms with Crippen LogP contribution in [0.5, 0.6) is 5.88 Å². The molecule has 0 aromatic carbocycles. The summed E-state index contributed by atoms with van der Waals surface area (Å²) in [4.78, 5) is 47.0. The standard InChI is InChI=1S/C18H29N3O4.C12H18N2O3/c1-17(2,3)24-15(22)20(7)11-13-10-19-14(12-8-9-12)21(13)16(23)25-18(4,5)6;1-12(2,3)17-11(15)14-9(16-4)7-13-10(14)8-5-6-8/h10,12H,8-9,11H2,1-7H3;7-8H,5-6H2,1-4H3. The molecule has 0 bridgehead atoms. The molecular weight excluding hydrogens is 542 g/mol. The van der Waals surface area contributed by atoms with E-state index in [2.05, 4.69) is 9.97 Å². The first-order valence-electron chi connectivity index (χ1n) is 14.4. The van der Waals surface area contributed by atoms with Gasteiger partial charge < -0.3 is 23.8 Å². The zero-order valence-electron chi connectivity index (χ0n) is 26.9. The van der Waals surface area contributed by atoms with E-state index in [1.54, 1.807) is 19.4 Å². The number of carbonyl (C=O) groups is 3. The second-order valence-corrected chi connectivity index (χ2v) is 13.8. The van der Waals surface area contributed by atoms with Gasteiger partial charge >= 0.3 is 18.3 Å². The van der Waals surface area contributed by atoms with Gasteiger partial charge in [-0.2, -0.15) is 0 Å². The molecule has 0 aliphatic heterocycles. The van der Waals surface area contributed by atoms with Crippen molar-refractivity contribution in [3.05, 3.63) is 29.7 Å². The van der Waals surface area contributed by atoms with Crippen LogP contribution in [-0.4, -0.2) is 73.2 Å². The summed E-state index contributed by atoms with van der Waals surface area (Å²) in [5, 5.41) is 0. The zero-order valence-corrected chi connectivity index (χ0v) is 26.9. The summed E-state index contributed by atoms with van der Waals surface area (Å²) in [6.45, 7) is 16.6. The number of rotatable bonds is 5. The van der Waals surface area contributed by atoms with Crippen LogP contribution in [0.15, 0.2) is 12.4 Å². The van der Waals surface area contributed by atoms with Gasteiger partial charge in [-0.25, -0.2) is 33.5 Å². The molecule has 2 aliphatic rings. The van der Waals surface area contributed by atoms with Gasteiger partial charge in [-0.3, -0.25) is 0 Å². The van der Waals surface area contributed by atoms with Crippen molar-refractivity contribution in [2.24, 2.45) is 0 Å². The van der Waals surface area contributed by atoms with Gasteiger partial charge in [0, 0.05) is 18.9 Å². The maximum atomic E-state index is 12.6. The van der Waals surface area contributed by atoms with Crippen molar-refractivity contribution < 1.29 is 33.3 Å². The van der Waals surface area contributed by atoms with Crippen LogP contribution in [0.4, 0.5) is 14.4 Å². The van der Waals surface area contributed by atoms with Crippen molar-refractivity contribution in [3.63, 3.8) is 0 Å². The highest BCUT2D eigenvalue weighted by Gasteiger charge is 2.35. The number of hydrogen-bond donors (Lipinski definition) is 0. The Morgan fingerprint density at radius 1 is 0.762 bits per heavy atom. The molecule has 1 amide bonds. The Labute approximate surface area is 248 Å². The van der Waals surface area contributed by atoms with E-state index in [-0.39, 0.29) is 12.5 Å². The van der Waals surface area contributed by atoms with E-state index in [0.29, 0.717) is 23.3 Å². The smallest absolute Gasteiger partial charge is 0.422 e. The lowest BCUT2D eigenvalue weighted by molar-refractivity contribution is 0.0273. The van der Waals surface area contributed by atoms with Crippen LogP contribution in [0.3, 0.4) is 0 Å². The third-order valence-corrected chi connectivity index (χ3v) is 5.97. The SMILES string of the molecule is CN(Cc1cnc(C2CC2)n1C(=O)OC(C)(C)C)C(=O)OC(C)(C)C.COc1cnc(C2CC2)n1C(=O)OC(C)(C)C. The maximum absolute atomic E-state index is 12.6. The fraction of sp³-hybridized carbons (Fsp3) is 0.700. The Morgan fingerprint density at radius 2 is 1.19 bits per heavy atom. The van der Waals surface area contributed by atoms with Crippen LogP contribution in [0.1, 0.15) is 117 Å². The lowest BCUT2D eigenvalue weighted by Gasteiger charge is -2.25. The van der Waals surface area contributed by atoms with Crippen molar-refractivity contribution in [1.82, 2.24) is 24.0 Å². The van der Waals surface area contributed by atoms with Crippen LogP contribution in [0, 0.1) is 0 Å². The molecule has 0 radical (unpaired) electrons. The quantitative estimate of drug-likeness (QED) is 0.361. The summed E-state index contributed by atoms with van der Waals surface area (Å²) < 4.78 is 24.3. The van der Waals surface area contributed by atoms with Crippen LogP contribution in [0.2, 0.25) is 0 Å². The number of amides is 1. The predicted octanol–water partition coefficient (Wildman–Crippen LogP) is 6.46. The van der Waals surface area contributed by atoms with E-state index < -0.39 is 35.1 Å². The highest BCUT2D eigenvalue weighted by Crippen LogP contribution is 2.41. The normalized spacial score (nSPS) is 15.3. The lowest BCUT2D eigenvalue weighted by atomic mass is 10.2. The van der Waals surface area contributed by atoms with Gasteiger partial charge in [-0.05, 0) is 88.0 Å². The summed E-state index contributed by atoms with van der Waals surface area (Å²) in [6.07, 6.45) is 6.05. The average molecular weight is 590 g/mol. The first kappa shape index (κ1) is 32.9. The van der Waals surface area contributed by atoms with E-state index in [1.165, 1.54) is 21.1 Å². The molecule has 234 valence electrons. The van der Waals surface area contributed by atoms with Gasteiger partial charge in [-0.15, -0.1) is 0 Å². The minimum atomic E-state index is -0.601. The molecule has 4 rings (SSSR count). The molecule has 0 saturated heterocycles. The van der Waals surface area contributed by atoms with Crippen molar-refractivity contribution in [2.75, 3.05) is 14.2 Å². The largest absolute Gasteiger partial charge is 0.481 e. The topological polar surface area (TPSA) is 127 Å². The molecule has 2 aromatic rings. The van der Waals surface area contributed by atoms with E-state index in [9.17, 15) is 14.4 Å². The Hall–Kier alpha value is -3.57. The second kappa shape index (κ2) is 12.3. The first-order chi connectivity index (χ1) is 19.3. The summed E-state index contributed by atoms with van der Waals surface area (Å²) in [5.41, 5.74) is -1.08. The Kier molecular flexibility index (Phi) is 9.68. The predicted molar refractivity (Wildman–Crippen MR) is 156 cm³/mol. The number of ether oxygens (including phenoxy) is 4. The first-order valence-corrected chi connectivity index (χ1v) is 14.4. The summed E-state index contributed by atoms with van der Waals surface area (Å²) in [5.74, 6) is 2.54. The third-order valence-electron chi connectivity index (χ3n) is 5.97. The van der Waals surface area contributed by atoms with Crippen molar-refractivity contribution in [1.29, 1.82) is 0 Å². The number of imidazole rings is 2. The second-order valence-electron chi connectivity index (χ2n) is 13.8. The molecule has 0 N–H and O–H groups in total. The zero-order chi connectivity index (χ0) is 31.6. The fourth-order valence-electron chi connectivity index (χ4n) is 3.92. The molecule has 42 heavy (non-hydrogen) atoms. The molecule has 0 unspecified atom stereocenters. The van der Waals surface area contributed by atoms with E-state index >= 15 is 0 Å². The third kappa shape index (κ3) is 9.49. The lowest BCUT2D eigenvalue weighted by Crippen LogP contribution is -2.35. The van der Waals surface area contributed by atoms with E-state index in [4.69, 9.17) is 18.9 Å². The van der Waals surface area contributed by atoms with Crippen LogP contribution >= 0.6 is 0 Å². The van der Waals surface area contributed by atoms with Crippen LogP contribution < -0.4 is 4.74 Å². The van der Waals surface area contributed by atoms with Crippen molar-refractivity contribution in [2.45, 2.75) is 123 Å². The maximum Gasteiger partial charge on any atom is 0.422 e. The molecule has 2 fully saturated rings. The minimum absolute atomic E-state index is 0.216. The summed E-state index contributed by atoms with van der Waals surface area (Å²) in [6, 6.07) is 0. The van der Waals surface area contributed by atoms with Crippen molar-refractivity contribution >= 4 is 18.3 Å². The van der Waals surface area contributed by atoms with Gasteiger partial charge in [0.25, 0.3) is 0 Å². The number of nitrogens with zero attached hydrogens (tertiary/aromatic N) is 5. The number of methoxy groups -OCH3 is 1. The summed E-state index contributed by atoms with van der Waals surface area (Å²) >= 11 is 0. The van der Waals surface area contributed by atoms with Gasteiger partial charge in [0.2, 0.25) is 5.88 Å². The number of carbonyl (C=O) groups excluding carboxylic acids is 3. The molecule has 12 nitrogen and oxygen atoms in total. The Morgan fingerprint density at radius 3 is 1.62 bits per heavy atom. The van der Waals surface area contributed by atoms with Gasteiger partial charge in [-0.1, -0.05) is 0 Å². The monoisotopic (exact) mass is 589 g/mol. The van der Waals surface area contributed by atoms with Gasteiger partial charge in [0.1, 0.15) is 28.5 Å². The minimum Gasteiger partial charge on any atom is -0.481 e.